The Balaban J connectivity index is 2.88. The molecule has 0 saturated carbocycles. The Hall–Kier alpha value is -1.33. The summed E-state index contributed by atoms with van der Waals surface area (Å²) in [5, 5.41) is 0. The first-order valence-electron chi connectivity index (χ1n) is 5.92. The first-order valence-corrected chi connectivity index (χ1v) is 5.92. The molecule has 96 valence electrons. The molecule has 1 rings (SSSR count). The standard InChI is InChI=1S/C12H21N3O2/c1-3-4-8-15-10(7-9-17-2)5-6-11(15)12(16)14-13/h5-6H,3-4,7-9,13H2,1-2H3,(H,14,16). The molecule has 5 nitrogen and oxygen atoms in total. The van der Waals surface area contributed by atoms with Crippen LogP contribution < -0.4 is 11.3 Å². The lowest BCUT2D eigenvalue weighted by Crippen LogP contribution is -2.32. The topological polar surface area (TPSA) is 69.3 Å². The summed E-state index contributed by atoms with van der Waals surface area (Å²) in [7, 11) is 1.67. The van der Waals surface area contributed by atoms with Gasteiger partial charge < -0.3 is 9.30 Å². The molecular formula is C12H21N3O2. The smallest absolute Gasteiger partial charge is 0.281 e. The van der Waals surface area contributed by atoms with E-state index in [-0.39, 0.29) is 5.91 Å². The molecule has 0 aliphatic carbocycles. The van der Waals surface area contributed by atoms with Gasteiger partial charge in [-0.1, -0.05) is 13.3 Å². The molecule has 0 radical (unpaired) electrons. The number of methoxy groups -OCH3 is 1. The van der Waals surface area contributed by atoms with Crippen LogP contribution >= 0.6 is 0 Å². The van der Waals surface area contributed by atoms with Crippen molar-refractivity contribution >= 4 is 5.91 Å². The van der Waals surface area contributed by atoms with E-state index in [0.717, 1.165) is 31.5 Å². The maximum atomic E-state index is 11.6. The van der Waals surface area contributed by atoms with Crippen molar-refractivity contribution in [2.24, 2.45) is 5.84 Å². The number of ether oxygens (including phenoxy) is 1. The van der Waals surface area contributed by atoms with Gasteiger partial charge in [0.1, 0.15) is 5.69 Å². The van der Waals surface area contributed by atoms with Crippen molar-refractivity contribution < 1.29 is 9.53 Å². The predicted molar refractivity (Wildman–Crippen MR) is 66.6 cm³/mol. The van der Waals surface area contributed by atoms with E-state index in [2.05, 4.69) is 12.3 Å². The van der Waals surface area contributed by atoms with Gasteiger partial charge in [-0.05, 0) is 18.6 Å². The molecular weight excluding hydrogens is 218 g/mol. The van der Waals surface area contributed by atoms with E-state index < -0.39 is 0 Å². The normalized spacial score (nSPS) is 10.5. The van der Waals surface area contributed by atoms with Crippen LogP contribution in [0, 0.1) is 0 Å². The summed E-state index contributed by atoms with van der Waals surface area (Å²) < 4.78 is 7.08. The highest BCUT2D eigenvalue weighted by atomic mass is 16.5. The Morgan fingerprint density at radius 3 is 2.88 bits per heavy atom. The van der Waals surface area contributed by atoms with Crippen molar-refractivity contribution in [1.29, 1.82) is 0 Å². The van der Waals surface area contributed by atoms with Crippen molar-refractivity contribution in [3.8, 4) is 0 Å². The summed E-state index contributed by atoms with van der Waals surface area (Å²) in [5.41, 5.74) is 3.90. The van der Waals surface area contributed by atoms with Gasteiger partial charge in [0.05, 0.1) is 6.61 Å². The van der Waals surface area contributed by atoms with Gasteiger partial charge >= 0.3 is 0 Å². The number of carbonyl (C=O) groups is 1. The van der Waals surface area contributed by atoms with Crippen LogP contribution in [0.5, 0.6) is 0 Å². The number of nitrogen functional groups attached to an aromatic ring is 1. The van der Waals surface area contributed by atoms with Crippen molar-refractivity contribution in [3.63, 3.8) is 0 Å². The number of nitrogens with zero attached hydrogens (tertiary/aromatic N) is 1. The minimum atomic E-state index is -0.246. The molecule has 0 saturated heterocycles. The van der Waals surface area contributed by atoms with Gasteiger partial charge in [0.2, 0.25) is 0 Å². The molecule has 0 aliphatic heterocycles. The number of aromatic nitrogens is 1. The number of hydrogen-bond donors (Lipinski definition) is 2. The van der Waals surface area contributed by atoms with E-state index in [1.54, 1.807) is 7.11 Å². The second kappa shape index (κ2) is 7.09. The largest absolute Gasteiger partial charge is 0.384 e. The molecule has 0 bridgehead atoms. The molecule has 0 atom stereocenters. The lowest BCUT2D eigenvalue weighted by atomic mass is 10.3. The van der Waals surface area contributed by atoms with E-state index in [0.29, 0.717) is 12.3 Å². The molecule has 1 heterocycles. The van der Waals surface area contributed by atoms with Gasteiger partial charge in [-0.2, -0.15) is 0 Å². The molecule has 1 aromatic rings. The number of rotatable bonds is 7. The number of amides is 1. The first-order chi connectivity index (χ1) is 8.24. The van der Waals surface area contributed by atoms with Gasteiger partial charge in [0.25, 0.3) is 5.91 Å². The molecule has 17 heavy (non-hydrogen) atoms. The fourth-order valence-corrected chi connectivity index (χ4v) is 1.79. The average molecular weight is 239 g/mol. The second-order valence-corrected chi connectivity index (χ2v) is 3.93. The highest BCUT2D eigenvalue weighted by molar-refractivity contribution is 5.92. The molecule has 0 aliphatic rings. The van der Waals surface area contributed by atoms with Crippen LogP contribution in [-0.2, 0) is 17.7 Å². The summed E-state index contributed by atoms with van der Waals surface area (Å²) in [4.78, 5) is 11.6. The Morgan fingerprint density at radius 2 is 2.29 bits per heavy atom. The van der Waals surface area contributed by atoms with Gasteiger partial charge in [0.15, 0.2) is 0 Å². The summed E-state index contributed by atoms with van der Waals surface area (Å²) >= 11 is 0. The van der Waals surface area contributed by atoms with Crippen LogP contribution in [0.2, 0.25) is 0 Å². The average Bonchev–Trinajstić information content (AvgIpc) is 2.75. The van der Waals surface area contributed by atoms with Gasteiger partial charge in [-0.15, -0.1) is 0 Å². The Morgan fingerprint density at radius 1 is 1.53 bits per heavy atom. The summed E-state index contributed by atoms with van der Waals surface area (Å²) in [6.45, 7) is 3.62. The maximum Gasteiger partial charge on any atom is 0.281 e. The second-order valence-electron chi connectivity index (χ2n) is 3.93. The highest BCUT2D eigenvalue weighted by Crippen LogP contribution is 2.12. The minimum absolute atomic E-state index is 0.246. The fourth-order valence-electron chi connectivity index (χ4n) is 1.79. The van der Waals surface area contributed by atoms with E-state index >= 15 is 0 Å². The number of unbranched alkanes of at least 4 members (excludes halogenated alkanes) is 1. The van der Waals surface area contributed by atoms with Crippen molar-refractivity contribution in [2.45, 2.75) is 32.7 Å². The zero-order valence-electron chi connectivity index (χ0n) is 10.5. The lowest BCUT2D eigenvalue weighted by molar-refractivity contribution is 0.0943. The van der Waals surface area contributed by atoms with Crippen LogP contribution in [0.3, 0.4) is 0 Å². The number of hydrazine groups is 1. The molecule has 1 aromatic heterocycles. The molecule has 1 amide bonds. The molecule has 0 fully saturated rings. The van der Waals surface area contributed by atoms with Gasteiger partial charge in [0, 0.05) is 25.8 Å². The Labute approximate surface area is 102 Å². The van der Waals surface area contributed by atoms with Crippen LogP contribution in [-0.4, -0.2) is 24.2 Å². The third-order valence-corrected chi connectivity index (χ3v) is 2.73. The Bertz CT molecular complexity index is 361. The maximum absolute atomic E-state index is 11.6. The van der Waals surface area contributed by atoms with Gasteiger partial charge in [-0.3, -0.25) is 10.2 Å². The SMILES string of the molecule is CCCCn1c(CCOC)ccc1C(=O)NN. The van der Waals surface area contributed by atoms with Crippen LogP contribution in [0.4, 0.5) is 0 Å². The molecule has 0 unspecified atom stereocenters. The molecule has 0 aromatic carbocycles. The fraction of sp³-hybridized carbons (Fsp3) is 0.583. The van der Waals surface area contributed by atoms with E-state index in [1.807, 2.05) is 16.7 Å². The molecule has 5 heteroatoms. The van der Waals surface area contributed by atoms with E-state index in [4.69, 9.17) is 10.6 Å². The van der Waals surface area contributed by atoms with Crippen LogP contribution in [0.15, 0.2) is 12.1 Å². The zero-order valence-corrected chi connectivity index (χ0v) is 10.5. The number of nitrogens with one attached hydrogen (secondary N) is 1. The minimum Gasteiger partial charge on any atom is -0.384 e. The summed E-state index contributed by atoms with van der Waals surface area (Å²) in [6.07, 6.45) is 2.93. The number of hydrogen-bond acceptors (Lipinski definition) is 3. The highest BCUT2D eigenvalue weighted by Gasteiger charge is 2.13. The first kappa shape index (κ1) is 13.7. The van der Waals surface area contributed by atoms with Crippen molar-refractivity contribution in [1.82, 2.24) is 9.99 Å². The number of carbonyl (C=O) groups excluding carboxylic acids is 1. The number of nitrogens with two attached hydrogens (primary N) is 1. The van der Waals surface area contributed by atoms with Crippen LogP contribution in [0.25, 0.3) is 0 Å². The van der Waals surface area contributed by atoms with Crippen molar-refractivity contribution in [3.05, 3.63) is 23.5 Å². The van der Waals surface area contributed by atoms with E-state index in [9.17, 15) is 4.79 Å². The lowest BCUT2D eigenvalue weighted by Gasteiger charge is -2.12. The van der Waals surface area contributed by atoms with E-state index in [1.165, 1.54) is 0 Å². The monoisotopic (exact) mass is 239 g/mol. The predicted octanol–water partition coefficient (Wildman–Crippen LogP) is 1.08. The quantitative estimate of drug-likeness (QED) is 0.425. The van der Waals surface area contributed by atoms with Gasteiger partial charge in [-0.25, -0.2) is 5.84 Å². The third kappa shape index (κ3) is 3.57. The summed E-state index contributed by atoms with van der Waals surface area (Å²) in [5.74, 6) is 4.93. The zero-order chi connectivity index (χ0) is 12.7. The Kier molecular flexibility index (Phi) is 5.72. The van der Waals surface area contributed by atoms with Crippen molar-refractivity contribution in [2.75, 3.05) is 13.7 Å². The third-order valence-electron chi connectivity index (χ3n) is 2.73. The summed E-state index contributed by atoms with van der Waals surface area (Å²) in [6, 6.07) is 3.77. The van der Waals surface area contributed by atoms with Crippen LogP contribution in [0.1, 0.15) is 35.9 Å². The molecule has 3 N–H and O–H groups in total. The molecule has 0 spiro atoms.